The molecule has 0 saturated heterocycles. The van der Waals surface area contributed by atoms with Crippen molar-refractivity contribution < 1.29 is 15.0 Å². The van der Waals surface area contributed by atoms with Gasteiger partial charge in [0.2, 0.25) is 5.91 Å². The third-order valence-corrected chi connectivity index (χ3v) is 4.76. The molecule has 3 aromatic rings. The zero-order valence-electron chi connectivity index (χ0n) is 14.6. The largest absolute Gasteiger partial charge is 0.508 e. The van der Waals surface area contributed by atoms with Gasteiger partial charge in [0.15, 0.2) is 0 Å². The van der Waals surface area contributed by atoms with Crippen molar-refractivity contribution in [3.05, 3.63) is 94.5 Å². The molecule has 0 aromatic heterocycles. The number of nitrogens with one attached hydrogen (secondary N) is 1. The Bertz CT molecular complexity index is 928. The summed E-state index contributed by atoms with van der Waals surface area (Å²) in [7, 11) is 0. The second kappa shape index (κ2) is 8.60. The molecular weight excluding hydrogens is 362 g/mol. The van der Waals surface area contributed by atoms with Crippen LogP contribution in [0.5, 0.6) is 11.5 Å². The topological polar surface area (TPSA) is 69.6 Å². The number of rotatable bonds is 6. The van der Waals surface area contributed by atoms with Crippen molar-refractivity contribution in [1.82, 2.24) is 5.32 Å². The predicted molar refractivity (Wildman–Crippen MR) is 106 cm³/mol. The lowest BCUT2D eigenvalue weighted by atomic mass is 9.88. The van der Waals surface area contributed by atoms with E-state index in [1.807, 2.05) is 54.6 Å². The summed E-state index contributed by atoms with van der Waals surface area (Å²) in [6.07, 6.45) is 0.229. The van der Waals surface area contributed by atoms with Gasteiger partial charge in [-0.05, 0) is 29.3 Å². The number of amides is 1. The molecule has 138 valence electrons. The molecule has 0 bridgehead atoms. The standard InChI is InChI=1S/C22H20ClNO3/c23-20-9-5-4-8-18(20)19(15-6-2-1-3-7-15)13-22(27)24-14-16-10-11-17(25)12-21(16)26/h1-12,19,25-26H,13-14H2,(H,24,27)/t19-/m0/s1. The normalized spacial score (nSPS) is 11.7. The third kappa shape index (κ3) is 4.80. The first-order valence-electron chi connectivity index (χ1n) is 8.61. The Labute approximate surface area is 163 Å². The molecule has 0 aliphatic rings. The first-order valence-corrected chi connectivity index (χ1v) is 8.99. The molecule has 3 rings (SSSR count). The van der Waals surface area contributed by atoms with E-state index < -0.39 is 0 Å². The SMILES string of the molecule is O=C(C[C@@H](c1ccccc1)c1ccccc1Cl)NCc1ccc(O)cc1O. The van der Waals surface area contributed by atoms with E-state index in [-0.39, 0.29) is 36.3 Å². The number of benzene rings is 3. The van der Waals surface area contributed by atoms with Crippen molar-refractivity contribution in [2.75, 3.05) is 0 Å². The number of aromatic hydroxyl groups is 2. The zero-order valence-corrected chi connectivity index (χ0v) is 15.4. The molecule has 0 aliphatic carbocycles. The maximum absolute atomic E-state index is 12.6. The van der Waals surface area contributed by atoms with Gasteiger partial charge in [-0.2, -0.15) is 0 Å². The van der Waals surface area contributed by atoms with Crippen molar-refractivity contribution >= 4 is 17.5 Å². The van der Waals surface area contributed by atoms with E-state index in [4.69, 9.17) is 11.6 Å². The summed E-state index contributed by atoms with van der Waals surface area (Å²) in [5.41, 5.74) is 2.44. The van der Waals surface area contributed by atoms with Crippen molar-refractivity contribution in [3.63, 3.8) is 0 Å². The molecule has 5 heteroatoms. The molecule has 3 aromatic carbocycles. The van der Waals surface area contributed by atoms with E-state index >= 15 is 0 Å². The Morgan fingerprint density at radius 1 is 0.963 bits per heavy atom. The lowest BCUT2D eigenvalue weighted by molar-refractivity contribution is -0.121. The average Bonchev–Trinajstić information content (AvgIpc) is 2.67. The van der Waals surface area contributed by atoms with Crippen molar-refractivity contribution in [2.45, 2.75) is 18.9 Å². The van der Waals surface area contributed by atoms with Gasteiger partial charge in [0.05, 0.1) is 0 Å². The van der Waals surface area contributed by atoms with Gasteiger partial charge in [-0.1, -0.05) is 60.1 Å². The molecule has 27 heavy (non-hydrogen) atoms. The molecule has 0 unspecified atom stereocenters. The Kier molecular flexibility index (Phi) is 5.99. The average molecular weight is 382 g/mol. The molecule has 0 aliphatic heterocycles. The van der Waals surface area contributed by atoms with Crippen LogP contribution in [0.4, 0.5) is 0 Å². The van der Waals surface area contributed by atoms with E-state index in [0.29, 0.717) is 10.6 Å². The summed E-state index contributed by atoms with van der Waals surface area (Å²) in [6.45, 7) is 0.176. The van der Waals surface area contributed by atoms with Crippen LogP contribution in [0.25, 0.3) is 0 Å². The second-order valence-corrected chi connectivity index (χ2v) is 6.69. The molecular formula is C22H20ClNO3. The van der Waals surface area contributed by atoms with Gasteiger partial charge in [0.25, 0.3) is 0 Å². The van der Waals surface area contributed by atoms with Crippen molar-refractivity contribution in [3.8, 4) is 11.5 Å². The zero-order chi connectivity index (χ0) is 19.2. The van der Waals surface area contributed by atoms with E-state index in [9.17, 15) is 15.0 Å². The third-order valence-electron chi connectivity index (χ3n) is 4.42. The Morgan fingerprint density at radius 3 is 2.37 bits per heavy atom. The molecule has 4 nitrogen and oxygen atoms in total. The Morgan fingerprint density at radius 2 is 1.67 bits per heavy atom. The van der Waals surface area contributed by atoms with Crippen LogP contribution in [0, 0.1) is 0 Å². The minimum Gasteiger partial charge on any atom is -0.508 e. The minimum atomic E-state index is -0.173. The highest BCUT2D eigenvalue weighted by molar-refractivity contribution is 6.31. The highest BCUT2D eigenvalue weighted by atomic mass is 35.5. The number of carbonyl (C=O) groups excluding carboxylic acids is 1. The molecule has 0 fully saturated rings. The summed E-state index contributed by atoms with van der Waals surface area (Å²) < 4.78 is 0. The molecule has 0 radical (unpaired) electrons. The Hall–Kier alpha value is -2.98. The number of phenolic OH excluding ortho intramolecular Hbond substituents is 2. The fourth-order valence-corrected chi connectivity index (χ4v) is 3.27. The maximum atomic E-state index is 12.6. The van der Waals surface area contributed by atoms with Crippen LogP contribution in [0.2, 0.25) is 5.02 Å². The second-order valence-electron chi connectivity index (χ2n) is 6.28. The molecule has 0 heterocycles. The summed E-state index contributed by atoms with van der Waals surface area (Å²) in [5, 5.41) is 22.6. The van der Waals surface area contributed by atoms with Crippen LogP contribution < -0.4 is 5.32 Å². The monoisotopic (exact) mass is 381 g/mol. The predicted octanol–water partition coefficient (Wildman–Crippen LogP) is 4.59. The van der Waals surface area contributed by atoms with Crippen LogP contribution >= 0.6 is 11.6 Å². The van der Waals surface area contributed by atoms with Crippen LogP contribution in [-0.4, -0.2) is 16.1 Å². The van der Waals surface area contributed by atoms with Crippen molar-refractivity contribution in [2.24, 2.45) is 0 Å². The lowest BCUT2D eigenvalue weighted by Crippen LogP contribution is -2.25. The van der Waals surface area contributed by atoms with Gasteiger partial charge < -0.3 is 15.5 Å². The van der Waals surface area contributed by atoms with Crippen LogP contribution in [0.3, 0.4) is 0 Å². The number of halogens is 1. The quantitative estimate of drug-likeness (QED) is 0.585. The van der Waals surface area contributed by atoms with E-state index in [0.717, 1.165) is 11.1 Å². The number of phenols is 2. The lowest BCUT2D eigenvalue weighted by Gasteiger charge is -2.19. The highest BCUT2D eigenvalue weighted by Crippen LogP contribution is 2.33. The van der Waals surface area contributed by atoms with Crippen LogP contribution in [0.15, 0.2) is 72.8 Å². The first-order chi connectivity index (χ1) is 13.0. The van der Waals surface area contributed by atoms with Gasteiger partial charge in [-0.15, -0.1) is 0 Å². The number of carbonyl (C=O) groups is 1. The van der Waals surface area contributed by atoms with Gasteiger partial charge in [-0.3, -0.25) is 4.79 Å². The summed E-state index contributed by atoms with van der Waals surface area (Å²) >= 11 is 6.37. The molecule has 3 N–H and O–H groups in total. The molecule has 0 spiro atoms. The fraction of sp³-hybridized carbons (Fsp3) is 0.136. The fourth-order valence-electron chi connectivity index (χ4n) is 3.00. The van der Waals surface area contributed by atoms with Gasteiger partial charge in [0, 0.05) is 35.5 Å². The van der Waals surface area contributed by atoms with Crippen LogP contribution in [0.1, 0.15) is 29.0 Å². The van der Waals surface area contributed by atoms with E-state index in [2.05, 4.69) is 5.32 Å². The van der Waals surface area contributed by atoms with E-state index in [1.54, 1.807) is 6.07 Å². The van der Waals surface area contributed by atoms with Crippen LogP contribution in [-0.2, 0) is 11.3 Å². The highest BCUT2D eigenvalue weighted by Gasteiger charge is 2.20. The summed E-state index contributed by atoms with van der Waals surface area (Å²) in [5.74, 6) is -0.406. The first kappa shape index (κ1) is 18.8. The van der Waals surface area contributed by atoms with E-state index in [1.165, 1.54) is 12.1 Å². The molecule has 1 amide bonds. The number of hydrogen-bond acceptors (Lipinski definition) is 3. The number of hydrogen-bond donors (Lipinski definition) is 3. The molecule has 0 saturated carbocycles. The Balaban J connectivity index is 1.76. The van der Waals surface area contributed by atoms with Gasteiger partial charge in [-0.25, -0.2) is 0 Å². The maximum Gasteiger partial charge on any atom is 0.221 e. The van der Waals surface area contributed by atoms with Gasteiger partial charge in [0.1, 0.15) is 11.5 Å². The van der Waals surface area contributed by atoms with Crippen molar-refractivity contribution in [1.29, 1.82) is 0 Å². The minimum absolute atomic E-state index is 0.0227. The smallest absolute Gasteiger partial charge is 0.221 e. The van der Waals surface area contributed by atoms with Gasteiger partial charge >= 0.3 is 0 Å². The summed E-state index contributed by atoms with van der Waals surface area (Å²) in [6, 6.07) is 21.6. The summed E-state index contributed by atoms with van der Waals surface area (Å²) in [4.78, 5) is 12.6. The molecule has 1 atom stereocenters.